The Bertz CT molecular complexity index is 978. The number of nitrogens with zero attached hydrogens (tertiary/aromatic N) is 3. The van der Waals surface area contributed by atoms with Crippen LogP contribution < -0.4 is 15.0 Å². The first kappa shape index (κ1) is 19.5. The lowest BCUT2D eigenvalue weighted by Gasteiger charge is -2.34. The summed E-state index contributed by atoms with van der Waals surface area (Å²) >= 11 is 1.73. The Kier molecular flexibility index (Phi) is 5.85. The van der Waals surface area contributed by atoms with Crippen LogP contribution in [0.4, 0.5) is 15.6 Å². The smallest absolute Gasteiger partial charge is 0.321 e. The average molecular weight is 411 g/mol. The number of carbonyl (C=O) groups excluding carboxylic acids is 1. The summed E-state index contributed by atoms with van der Waals surface area (Å²) < 4.78 is 6.67. The number of hydrogen-bond donors (Lipinski definition) is 1. The number of aryl methyl sites for hydroxylation is 1. The Balaban J connectivity index is 1.34. The number of ether oxygens (including phenoxy) is 1. The Morgan fingerprint density at radius 3 is 2.55 bits per heavy atom. The van der Waals surface area contributed by atoms with Gasteiger partial charge in [0.05, 0.1) is 16.8 Å². The van der Waals surface area contributed by atoms with E-state index in [1.165, 1.54) is 10.3 Å². The normalized spacial score (nSPS) is 14.3. The number of hydrogen-bond acceptors (Lipinski definition) is 5. The molecule has 2 amide bonds. The summed E-state index contributed by atoms with van der Waals surface area (Å²) in [6.45, 7) is 7.68. The van der Waals surface area contributed by atoms with Crippen molar-refractivity contribution in [2.24, 2.45) is 0 Å². The van der Waals surface area contributed by atoms with Crippen LogP contribution in [0.1, 0.15) is 19.4 Å². The maximum Gasteiger partial charge on any atom is 0.321 e. The quantitative estimate of drug-likeness (QED) is 0.667. The van der Waals surface area contributed by atoms with Gasteiger partial charge in [0.2, 0.25) is 0 Å². The number of thiazole rings is 1. The molecule has 4 rings (SSSR count). The summed E-state index contributed by atoms with van der Waals surface area (Å²) in [6, 6.07) is 13.9. The van der Waals surface area contributed by atoms with E-state index in [2.05, 4.69) is 35.3 Å². The van der Waals surface area contributed by atoms with E-state index < -0.39 is 0 Å². The van der Waals surface area contributed by atoms with E-state index in [1.54, 1.807) is 11.3 Å². The second kappa shape index (κ2) is 8.69. The summed E-state index contributed by atoms with van der Waals surface area (Å²) in [5.41, 5.74) is 3.17. The number of urea groups is 1. The lowest BCUT2D eigenvalue weighted by molar-refractivity contribution is 0.208. The summed E-state index contributed by atoms with van der Waals surface area (Å²) in [5, 5.41) is 4.01. The molecule has 3 aromatic rings. The Labute approximate surface area is 175 Å². The van der Waals surface area contributed by atoms with Crippen molar-refractivity contribution in [3.63, 3.8) is 0 Å². The van der Waals surface area contributed by atoms with Gasteiger partial charge in [-0.2, -0.15) is 0 Å². The number of amides is 2. The second-order valence-electron chi connectivity index (χ2n) is 7.01. The number of nitrogens with one attached hydrogen (secondary N) is 1. The van der Waals surface area contributed by atoms with Crippen LogP contribution in [0, 0.1) is 0 Å². The lowest BCUT2D eigenvalue weighted by Crippen LogP contribution is -2.50. The van der Waals surface area contributed by atoms with Crippen molar-refractivity contribution in [2.75, 3.05) is 43.0 Å². The topological polar surface area (TPSA) is 57.7 Å². The number of carbonyl (C=O) groups is 1. The highest BCUT2D eigenvalue weighted by Gasteiger charge is 2.23. The van der Waals surface area contributed by atoms with Crippen LogP contribution in [-0.4, -0.2) is 48.7 Å². The van der Waals surface area contributed by atoms with E-state index in [4.69, 9.17) is 9.72 Å². The molecule has 1 N–H and O–H groups in total. The maximum absolute atomic E-state index is 12.6. The van der Waals surface area contributed by atoms with Gasteiger partial charge in [-0.25, -0.2) is 9.78 Å². The lowest BCUT2D eigenvalue weighted by atomic mass is 10.2. The standard InChI is InChI=1S/C22H26N4O2S/c1-3-16-5-10-19-20(15-16)29-22(24-19)26-13-11-25(12-14-26)21(27)23-17-6-8-18(9-7-17)28-4-2/h5-10,15H,3-4,11-14H2,1-2H3,(H,23,27). The highest BCUT2D eigenvalue weighted by atomic mass is 32.1. The van der Waals surface area contributed by atoms with Gasteiger partial charge < -0.3 is 19.9 Å². The number of fused-ring (bicyclic) bond motifs is 1. The number of piperazine rings is 1. The van der Waals surface area contributed by atoms with Crippen molar-refractivity contribution in [3.05, 3.63) is 48.0 Å². The van der Waals surface area contributed by atoms with Crippen LogP contribution in [0.15, 0.2) is 42.5 Å². The summed E-state index contributed by atoms with van der Waals surface area (Å²) in [4.78, 5) is 21.5. The SMILES string of the molecule is CCOc1ccc(NC(=O)N2CCN(c3nc4ccc(CC)cc4s3)CC2)cc1. The molecule has 0 bridgehead atoms. The summed E-state index contributed by atoms with van der Waals surface area (Å²) in [5.74, 6) is 0.806. The molecule has 1 aliphatic heterocycles. The van der Waals surface area contributed by atoms with Crippen molar-refractivity contribution in [1.29, 1.82) is 0 Å². The van der Waals surface area contributed by atoms with Crippen LogP contribution >= 0.6 is 11.3 Å². The molecule has 0 saturated carbocycles. The summed E-state index contributed by atoms with van der Waals surface area (Å²) in [7, 11) is 0. The van der Waals surface area contributed by atoms with Gasteiger partial charge in [-0.1, -0.05) is 24.3 Å². The van der Waals surface area contributed by atoms with Crippen LogP contribution in [-0.2, 0) is 6.42 Å². The van der Waals surface area contributed by atoms with Crippen molar-refractivity contribution in [1.82, 2.24) is 9.88 Å². The van der Waals surface area contributed by atoms with Crippen molar-refractivity contribution < 1.29 is 9.53 Å². The average Bonchev–Trinajstić information content (AvgIpc) is 3.18. The van der Waals surface area contributed by atoms with Crippen LogP contribution in [0.2, 0.25) is 0 Å². The molecule has 152 valence electrons. The van der Waals surface area contributed by atoms with E-state index in [-0.39, 0.29) is 6.03 Å². The first-order valence-electron chi connectivity index (χ1n) is 10.1. The van der Waals surface area contributed by atoms with Crippen LogP contribution in [0.3, 0.4) is 0 Å². The van der Waals surface area contributed by atoms with Crippen molar-refractivity contribution >= 4 is 38.4 Å². The third kappa shape index (κ3) is 4.45. The fourth-order valence-corrected chi connectivity index (χ4v) is 4.50. The molecule has 0 atom stereocenters. The third-order valence-electron chi connectivity index (χ3n) is 5.10. The minimum Gasteiger partial charge on any atom is -0.494 e. The molecule has 1 aliphatic rings. The number of anilines is 2. The molecule has 6 nitrogen and oxygen atoms in total. The fourth-order valence-electron chi connectivity index (χ4n) is 3.42. The van der Waals surface area contributed by atoms with Gasteiger partial charge in [-0.15, -0.1) is 0 Å². The monoisotopic (exact) mass is 410 g/mol. The van der Waals surface area contributed by atoms with E-state index in [0.717, 1.165) is 41.6 Å². The van der Waals surface area contributed by atoms with Gasteiger partial charge in [0.15, 0.2) is 5.13 Å². The summed E-state index contributed by atoms with van der Waals surface area (Å²) in [6.07, 6.45) is 1.03. The molecule has 0 aliphatic carbocycles. The Morgan fingerprint density at radius 1 is 1.10 bits per heavy atom. The molecule has 2 aromatic carbocycles. The highest BCUT2D eigenvalue weighted by Crippen LogP contribution is 2.30. The minimum atomic E-state index is -0.0642. The third-order valence-corrected chi connectivity index (χ3v) is 6.18. The van der Waals surface area contributed by atoms with E-state index in [0.29, 0.717) is 19.7 Å². The zero-order valence-corrected chi connectivity index (χ0v) is 17.7. The first-order valence-corrected chi connectivity index (χ1v) is 10.9. The van der Waals surface area contributed by atoms with Crippen LogP contribution in [0.25, 0.3) is 10.2 Å². The zero-order chi connectivity index (χ0) is 20.2. The maximum atomic E-state index is 12.6. The zero-order valence-electron chi connectivity index (χ0n) is 16.9. The van der Waals surface area contributed by atoms with Gasteiger partial charge in [-0.3, -0.25) is 0 Å². The predicted octanol–water partition coefficient (Wildman–Crippen LogP) is 4.61. The van der Waals surface area contributed by atoms with Crippen molar-refractivity contribution in [2.45, 2.75) is 20.3 Å². The Hall–Kier alpha value is -2.80. The molecule has 1 fully saturated rings. The molecule has 1 saturated heterocycles. The van der Waals surface area contributed by atoms with Gasteiger partial charge in [0, 0.05) is 31.9 Å². The van der Waals surface area contributed by atoms with E-state index >= 15 is 0 Å². The molecular formula is C22H26N4O2S. The Morgan fingerprint density at radius 2 is 1.86 bits per heavy atom. The molecule has 0 radical (unpaired) electrons. The minimum absolute atomic E-state index is 0.0642. The van der Waals surface area contributed by atoms with Crippen molar-refractivity contribution in [3.8, 4) is 5.75 Å². The largest absolute Gasteiger partial charge is 0.494 e. The van der Waals surface area contributed by atoms with E-state index in [1.807, 2.05) is 36.1 Å². The molecule has 0 unspecified atom stereocenters. The molecule has 2 heterocycles. The van der Waals surface area contributed by atoms with Gasteiger partial charge in [0.1, 0.15) is 5.75 Å². The second-order valence-corrected chi connectivity index (χ2v) is 8.02. The van der Waals surface area contributed by atoms with Gasteiger partial charge >= 0.3 is 6.03 Å². The van der Waals surface area contributed by atoms with E-state index in [9.17, 15) is 4.79 Å². The van der Waals surface area contributed by atoms with Gasteiger partial charge in [-0.05, 0) is 55.3 Å². The predicted molar refractivity (Wildman–Crippen MR) is 119 cm³/mol. The number of benzene rings is 2. The molecule has 1 aromatic heterocycles. The number of rotatable bonds is 5. The molecule has 0 spiro atoms. The van der Waals surface area contributed by atoms with Crippen LogP contribution in [0.5, 0.6) is 5.75 Å². The highest BCUT2D eigenvalue weighted by molar-refractivity contribution is 7.22. The number of aromatic nitrogens is 1. The first-order chi connectivity index (χ1) is 14.2. The molecule has 7 heteroatoms. The molecule has 29 heavy (non-hydrogen) atoms. The fraction of sp³-hybridized carbons (Fsp3) is 0.364. The molecular weight excluding hydrogens is 384 g/mol. The van der Waals surface area contributed by atoms with Gasteiger partial charge in [0.25, 0.3) is 0 Å².